The first kappa shape index (κ1) is 14.1. The fourth-order valence-electron chi connectivity index (χ4n) is 2.78. The maximum absolute atomic E-state index is 12.1. The van der Waals surface area contributed by atoms with E-state index in [4.69, 9.17) is 9.52 Å². The summed E-state index contributed by atoms with van der Waals surface area (Å²) >= 11 is 0. The molecule has 0 aliphatic carbocycles. The summed E-state index contributed by atoms with van der Waals surface area (Å²) < 4.78 is 5.47. The first-order chi connectivity index (χ1) is 11.6. The summed E-state index contributed by atoms with van der Waals surface area (Å²) in [6, 6.07) is 16.2. The number of hydrogen-bond donors (Lipinski definition) is 1. The summed E-state index contributed by atoms with van der Waals surface area (Å²) in [6.45, 7) is 0. The van der Waals surface area contributed by atoms with Crippen LogP contribution in [0.3, 0.4) is 0 Å². The number of para-hydroxylation sites is 1. The number of benzene rings is 2. The molecule has 0 atom stereocenters. The molecule has 2 aromatic heterocycles. The van der Waals surface area contributed by atoms with Gasteiger partial charge < -0.3 is 9.52 Å². The summed E-state index contributed by atoms with van der Waals surface area (Å²) in [5, 5.41) is 9.99. The van der Waals surface area contributed by atoms with Crippen molar-refractivity contribution in [1.29, 1.82) is 0 Å². The molecule has 0 aliphatic heterocycles. The molecule has 116 valence electrons. The molecule has 0 bridgehead atoms. The number of nitrogens with zero attached hydrogens (tertiary/aromatic N) is 1. The van der Waals surface area contributed by atoms with Crippen molar-refractivity contribution in [2.24, 2.45) is 0 Å². The molecule has 0 spiro atoms. The van der Waals surface area contributed by atoms with E-state index in [1.54, 1.807) is 6.07 Å². The van der Waals surface area contributed by atoms with Crippen molar-refractivity contribution < 1.29 is 14.3 Å². The summed E-state index contributed by atoms with van der Waals surface area (Å²) in [5.41, 5.74) is 2.34. The molecule has 2 heterocycles. The summed E-state index contributed by atoms with van der Waals surface area (Å²) in [7, 11) is 0. The van der Waals surface area contributed by atoms with Crippen LogP contribution in [0.5, 0.6) is 0 Å². The Morgan fingerprint density at radius 3 is 2.54 bits per heavy atom. The third-order valence-electron chi connectivity index (χ3n) is 3.88. The maximum Gasteiger partial charge on any atom is 0.371 e. The van der Waals surface area contributed by atoms with E-state index in [0.29, 0.717) is 10.9 Å². The molecule has 5 nitrogen and oxygen atoms in total. The zero-order valence-corrected chi connectivity index (χ0v) is 12.4. The Labute approximate surface area is 135 Å². The first-order valence-corrected chi connectivity index (χ1v) is 7.29. The van der Waals surface area contributed by atoms with E-state index in [1.165, 1.54) is 6.20 Å². The zero-order chi connectivity index (χ0) is 16.7. The fourth-order valence-corrected chi connectivity index (χ4v) is 2.78. The third kappa shape index (κ3) is 2.14. The van der Waals surface area contributed by atoms with Gasteiger partial charge in [-0.15, -0.1) is 0 Å². The molecule has 0 radical (unpaired) electrons. The lowest BCUT2D eigenvalue weighted by molar-refractivity contribution is 0.0663. The summed E-state index contributed by atoms with van der Waals surface area (Å²) in [6.07, 6.45) is 1.43. The predicted molar refractivity (Wildman–Crippen MR) is 90.2 cm³/mol. The van der Waals surface area contributed by atoms with Crippen LogP contribution in [-0.4, -0.2) is 16.1 Å². The van der Waals surface area contributed by atoms with Gasteiger partial charge in [0.25, 0.3) is 0 Å². The van der Waals surface area contributed by atoms with E-state index in [-0.39, 0.29) is 16.7 Å². The molecule has 2 aromatic carbocycles. The largest absolute Gasteiger partial charge is 0.475 e. The average molecular weight is 317 g/mol. The van der Waals surface area contributed by atoms with Gasteiger partial charge in [0.05, 0.1) is 10.9 Å². The van der Waals surface area contributed by atoms with Crippen LogP contribution in [0.2, 0.25) is 0 Å². The Hall–Kier alpha value is -3.47. The topological polar surface area (TPSA) is 80.4 Å². The van der Waals surface area contributed by atoms with Crippen molar-refractivity contribution in [2.45, 2.75) is 0 Å². The molecule has 5 heteroatoms. The Morgan fingerprint density at radius 2 is 1.79 bits per heavy atom. The maximum atomic E-state index is 12.1. The lowest BCUT2D eigenvalue weighted by Gasteiger charge is -2.08. The minimum Gasteiger partial charge on any atom is -0.475 e. The standard InChI is InChI=1S/C19H11NO4/c21-15-9-16(19(22)23)24-18-13-8-4-7-12(11-5-2-1-3-6-11)17(13)20-10-14(15)18/h1-10H,(H,22,23). The van der Waals surface area contributed by atoms with Gasteiger partial charge in [0.1, 0.15) is 5.58 Å². The Morgan fingerprint density at radius 1 is 1.00 bits per heavy atom. The van der Waals surface area contributed by atoms with Crippen molar-refractivity contribution in [3.05, 3.63) is 76.8 Å². The highest BCUT2D eigenvalue weighted by atomic mass is 16.4. The van der Waals surface area contributed by atoms with Gasteiger partial charge in [-0.1, -0.05) is 42.5 Å². The second-order valence-corrected chi connectivity index (χ2v) is 5.35. The predicted octanol–water partition coefficient (Wildman–Crippen LogP) is 3.71. The van der Waals surface area contributed by atoms with E-state index in [1.807, 2.05) is 42.5 Å². The van der Waals surface area contributed by atoms with Crippen LogP contribution in [0.4, 0.5) is 0 Å². The number of aromatic nitrogens is 1. The van der Waals surface area contributed by atoms with Gasteiger partial charge in [0, 0.05) is 23.2 Å². The van der Waals surface area contributed by atoms with E-state index in [2.05, 4.69) is 4.98 Å². The van der Waals surface area contributed by atoms with Crippen LogP contribution in [0.15, 0.2) is 70.0 Å². The van der Waals surface area contributed by atoms with Gasteiger partial charge in [-0.2, -0.15) is 0 Å². The smallest absolute Gasteiger partial charge is 0.371 e. The van der Waals surface area contributed by atoms with Crippen LogP contribution in [0.25, 0.3) is 33.0 Å². The first-order valence-electron chi connectivity index (χ1n) is 7.29. The Kier molecular flexibility index (Phi) is 3.13. The van der Waals surface area contributed by atoms with Gasteiger partial charge in [0.15, 0.2) is 5.43 Å². The highest BCUT2D eigenvalue weighted by Gasteiger charge is 2.15. The Balaban J connectivity index is 2.13. The van der Waals surface area contributed by atoms with E-state index in [9.17, 15) is 9.59 Å². The minimum atomic E-state index is -1.28. The van der Waals surface area contributed by atoms with E-state index >= 15 is 0 Å². The molecule has 24 heavy (non-hydrogen) atoms. The number of pyridine rings is 1. The fraction of sp³-hybridized carbons (Fsp3) is 0. The van der Waals surface area contributed by atoms with Gasteiger partial charge >= 0.3 is 5.97 Å². The van der Waals surface area contributed by atoms with Crippen LogP contribution in [-0.2, 0) is 0 Å². The van der Waals surface area contributed by atoms with Crippen LogP contribution in [0.1, 0.15) is 10.6 Å². The molecular formula is C19H11NO4. The zero-order valence-electron chi connectivity index (χ0n) is 12.4. The van der Waals surface area contributed by atoms with Crippen molar-refractivity contribution in [3.8, 4) is 11.1 Å². The molecule has 0 aliphatic rings. The number of carboxylic acids is 1. The van der Waals surface area contributed by atoms with Gasteiger partial charge in [-0.25, -0.2) is 4.79 Å². The van der Waals surface area contributed by atoms with Gasteiger partial charge in [-0.3, -0.25) is 9.78 Å². The highest BCUT2D eigenvalue weighted by molar-refractivity contribution is 6.07. The highest BCUT2D eigenvalue weighted by Crippen LogP contribution is 2.30. The molecular weight excluding hydrogens is 306 g/mol. The lowest BCUT2D eigenvalue weighted by Crippen LogP contribution is -2.07. The van der Waals surface area contributed by atoms with Crippen molar-refractivity contribution in [3.63, 3.8) is 0 Å². The second kappa shape index (κ2) is 5.31. The molecule has 0 saturated carbocycles. The third-order valence-corrected chi connectivity index (χ3v) is 3.88. The quantitative estimate of drug-likeness (QED) is 0.570. The number of fused-ring (bicyclic) bond motifs is 3. The normalized spacial score (nSPS) is 11.0. The Bertz CT molecular complexity index is 1150. The summed E-state index contributed by atoms with van der Waals surface area (Å²) in [5.74, 6) is -1.66. The molecule has 0 unspecified atom stereocenters. The van der Waals surface area contributed by atoms with Gasteiger partial charge in [0.2, 0.25) is 5.76 Å². The number of hydrogen-bond acceptors (Lipinski definition) is 4. The van der Waals surface area contributed by atoms with E-state index < -0.39 is 11.4 Å². The van der Waals surface area contributed by atoms with Crippen molar-refractivity contribution >= 4 is 27.8 Å². The number of carboxylic acid groups (broad SMARTS) is 1. The van der Waals surface area contributed by atoms with E-state index in [0.717, 1.165) is 17.2 Å². The van der Waals surface area contributed by atoms with Crippen LogP contribution in [0, 0.1) is 0 Å². The molecule has 0 saturated heterocycles. The lowest BCUT2D eigenvalue weighted by atomic mass is 10.0. The second-order valence-electron chi connectivity index (χ2n) is 5.35. The monoisotopic (exact) mass is 317 g/mol. The number of rotatable bonds is 2. The van der Waals surface area contributed by atoms with Crippen LogP contribution >= 0.6 is 0 Å². The molecule has 0 fully saturated rings. The minimum absolute atomic E-state index is 0.239. The number of carbonyl (C=O) groups is 1. The van der Waals surface area contributed by atoms with Crippen molar-refractivity contribution in [1.82, 2.24) is 4.98 Å². The molecule has 4 rings (SSSR count). The SMILES string of the molecule is O=C(O)c1cc(=O)c2cnc3c(-c4ccccc4)cccc3c2o1. The molecule has 4 aromatic rings. The molecule has 0 amide bonds. The number of aromatic carboxylic acids is 1. The van der Waals surface area contributed by atoms with Gasteiger partial charge in [-0.05, 0) is 11.6 Å². The summed E-state index contributed by atoms with van der Waals surface area (Å²) in [4.78, 5) is 27.7. The van der Waals surface area contributed by atoms with Crippen LogP contribution < -0.4 is 5.43 Å². The van der Waals surface area contributed by atoms with Crippen molar-refractivity contribution in [2.75, 3.05) is 0 Å². The molecule has 1 N–H and O–H groups in total. The average Bonchev–Trinajstić information content (AvgIpc) is 2.61.